The van der Waals surface area contributed by atoms with Gasteiger partial charge in [0.05, 0.1) is 6.54 Å². The Labute approximate surface area is 112 Å². The van der Waals surface area contributed by atoms with Crippen molar-refractivity contribution in [1.29, 1.82) is 0 Å². The molecule has 0 bridgehead atoms. The van der Waals surface area contributed by atoms with E-state index in [-0.39, 0.29) is 18.9 Å². The van der Waals surface area contributed by atoms with Crippen molar-refractivity contribution in [2.24, 2.45) is 0 Å². The minimum Gasteiger partial charge on any atom is -0.479 e. The van der Waals surface area contributed by atoms with Gasteiger partial charge in [-0.25, -0.2) is 4.79 Å². The van der Waals surface area contributed by atoms with Crippen molar-refractivity contribution in [3.8, 4) is 0 Å². The number of rotatable bonds is 7. The SMILES string of the molecule is CCc1ccc(CCC(=O)NC[C@H](O)C(=O)O)cc1. The van der Waals surface area contributed by atoms with Crippen molar-refractivity contribution in [3.05, 3.63) is 35.4 Å². The van der Waals surface area contributed by atoms with Crippen LogP contribution in [0.1, 0.15) is 24.5 Å². The van der Waals surface area contributed by atoms with Crippen LogP contribution in [-0.2, 0) is 22.4 Å². The first-order valence-electron chi connectivity index (χ1n) is 6.28. The fourth-order valence-electron chi connectivity index (χ4n) is 1.59. The Kier molecular flexibility index (Phi) is 6.02. The Morgan fingerprint density at radius 1 is 1.21 bits per heavy atom. The van der Waals surface area contributed by atoms with Crippen LogP contribution < -0.4 is 5.32 Å². The van der Waals surface area contributed by atoms with Crippen LogP contribution in [0, 0.1) is 0 Å². The maximum atomic E-state index is 11.5. The molecule has 0 aliphatic rings. The molecule has 1 rings (SSSR count). The van der Waals surface area contributed by atoms with Gasteiger partial charge in [0.1, 0.15) is 0 Å². The number of carbonyl (C=O) groups excluding carboxylic acids is 1. The van der Waals surface area contributed by atoms with Crippen LogP contribution in [0.5, 0.6) is 0 Å². The van der Waals surface area contributed by atoms with E-state index in [1.165, 1.54) is 5.56 Å². The normalized spacial score (nSPS) is 11.9. The summed E-state index contributed by atoms with van der Waals surface area (Å²) < 4.78 is 0. The van der Waals surface area contributed by atoms with Crippen molar-refractivity contribution >= 4 is 11.9 Å². The molecule has 1 aromatic carbocycles. The van der Waals surface area contributed by atoms with E-state index in [0.29, 0.717) is 6.42 Å². The minimum atomic E-state index is -1.55. The Morgan fingerprint density at radius 3 is 2.32 bits per heavy atom. The molecule has 19 heavy (non-hydrogen) atoms. The van der Waals surface area contributed by atoms with E-state index in [0.717, 1.165) is 12.0 Å². The standard InChI is InChI=1S/C14H19NO4/c1-2-10-3-5-11(6-4-10)7-8-13(17)15-9-12(16)14(18)19/h3-6,12,16H,2,7-9H2,1H3,(H,15,17)(H,18,19)/t12-/m0/s1. The molecule has 3 N–H and O–H groups in total. The lowest BCUT2D eigenvalue weighted by Gasteiger charge is -2.08. The molecule has 0 aliphatic carbocycles. The van der Waals surface area contributed by atoms with Crippen LogP contribution in [0.3, 0.4) is 0 Å². The average Bonchev–Trinajstić information content (AvgIpc) is 2.42. The lowest BCUT2D eigenvalue weighted by molar-refractivity contribution is -0.146. The van der Waals surface area contributed by atoms with Crippen molar-refractivity contribution in [2.45, 2.75) is 32.3 Å². The number of nitrogens with one attached hydrogen (secondary N) is 1. The second kappa shape index (κ2) is 7.53. The maximum absolute atomic E-state index is 11.5. The summed E-state index contributed by atoms with van der Waals surface area (Å²) in [5.41, 5.74) is 2.31. The summed E-state index contributed by atoms with van der Waals surface area (Å²) >= 11 is 0. The average molecular weight is 265 g/mol. The molecule has 0 spiro atoms. The second-order valence-corrected chi connectivity index (χ2v) is 4.33. The topological polar surface area (TPSA) is 86.6 Å². The monoisotopic (exact) mass is 265 g/mol. The number of amides is 1. The third-order valence-corrected chi connectivity index (χ3v) is 2.85. The van der Waals surface area contributed by atoms with Crippen LogP contribution in [0.2, 0.25) is 0 Å². The molecular weight excluding hydrogens is 246 g/mol. The van der Waals surface area contributed by atoms with Crippen molar-refractivity contribution in [2.75, 3.05) is 6.54 Å². The number of aliphatic hydroxyl groups excluding tert-OH is 1. The first-order valence-corrected chi connectivity index (χ1v) is 6.28. The number of carboxylic acid groups (broad SMARTS) is 1. The minimum absolute atomic E-state index is 0.261. The molecule has 0 saturated carbocycles. The largest absolute Gasteiger partial charge is 0.479 e. The highest BCUT2D eigenvalue weighted by Crippen LogP contribution is 2.07. The predicted molar refractivity (Wildman–Crippen MR) is 70.8 cm³/mol. The van der Waals surface area contributed by atoms with Crippen LogP contribution in [-0.4, -0.2) is 34.7 Å². The number of hydrogen-bond donors (Lipinski definition) is 3. The van der Waals surface area contributed by atoms with E-state index < -0.39 is 12.1 Å². The zero-order valence-electron chi connectivity index (χ0n) is 10.9. The van der Waals surface area contributed by atoms with Gasteiger partial charge in [0, 0.05) is 6.42 Å². The maximum Gasteiger partial charge on any atom is 0.334 e. The predicted octanol–water partition coefficient (Wildman–Crippen LogP) is 0.743. The van der Waals surface area contributed by atoms with Gasteiger partial charge in [-0.1, -0.05) is 31.2 Å². The molecule has 0 fully saturated rings. The first kappa shape index (κ1) is 15.2. The molecule has 5 heteroatoms. The van der Waals surface area contributed by atoms with Crippen LogP contribution in [0.4, 0.5) is 0 Å². The summed E-state index contributed by atoms with van der Waals surface area (Å²) in [7, 11) is 0. The summed E-state index contributed by atoms with van der Waals surface area (Å²) in [6.07, 6.45) is 0.303. The summed E-state index contributed by atoms with van der Waals surface area (Å²) in [5.74, 6) is -1.60. The zero-order chi connectivity index (χ0) is 14.3. The third kappa shape index (κ3) is 5.52. The summed E-state index contributed by atoms with van der Waals surface area (Å²) in [4.78, 5) is 21.8. The van der Waals surface area contributed by atoms with Crippen LogP contribution in [0.25, 0.3) is 0 Å². The van der Waals surface area contributed by atoms with E-state index in [1.54, 1.807) is 0 Å². The van der Waals surface area contributed by atoms with Gasteiger partial charge in [0.2, 0.25) is 5.91 Å². The van der Waals surface area contributed by atoms with E-state index in [9.17, 15) is 9.59 Å². The number of hydrogen-bond acceptors (Lipinski definition) is 3. The highest BCUT2D eigenvalue weighted by atomic mass is 16.4. The molecule has 0 heterocycles. The van der Waals surface area contributed by atoms with Gasteiger partial charge in [-0.15, -0.1) is 0 Å². The summed E-state index contributed by atoms with van der Waals surface area (Å²) in [6, 6.07) is 8.03. The Bertz CT molecular complexity index is 428. The number of benzene rings is 1. The van der Waals surface area contributed by atoms with E-state index in [4.69, 9.17) is 10.2 Å². The fraction of sp³-hybridized carbons (Fsp3) is 0.429. The number of aryl methyl sites for hydroxylation is 2. The molecule has 0 aromatic heterocycles. The van der Waals surface area contributed by atoms with Crippen molar-refractivity contribution in [3.63, 3.8) is 0 Å². The molecular formula is C14H19NO4. The molecule has 104 valence electrons. The van der Waals surface area contributed by atoms with Gasteiger partial charge >= 0.3 is 5.97 Å². The molecule has 0 unspecified atom stereocenters. The number of aliphatic hydroxyl groups is 1. The Hall–Kier alpha value is -1.88. The van der Waals surface area contributed by atoms with E-state index >= 15 is 0 Å². The fourth-order valence-corrected chi connectivity index (χ4v) is 1.59. The van der Waals surface area contributed by atoms with Crippen LogP contribution in [0.15, 0.2) is 24.3 Å². The van der Waals surface area contributed by atoms with Gasteiger partial charge < -0.3 is 15.5 Å². The zero-order valence-corrected chi connectivity index (χ0v) is 10.9. The lowest BCUT2D eigenvalue weighted by atomic mass is 10.1. The Balaban J connectivity index is 2.31. The first-order chi connectivity index (χ1) is 9.02. The highest BCUT2D eigenvalue weighted by Gasteiger charge is 2.13. The molecule has 0 saturated heterocycles. The van der Waals surface area contributed by atoms with Gasteiger partial charge in [-0.05, 0) is 24.0 Å². The number of carboxylic acids is 1. The second-order valence-electron chi connectivity index (χ2n) is 4.33. The lowest BCUT2D eigenvalue weighted by Crippen LogP contribution is -2.36. The Morgan fingerprint density at radius 2 is 1.79 bits per heavy atom. The summed E-state index contributed by atoms with van der Waals surface area (Å²) in [6.45, 7) is 1.82. The van der Waals surface area contributed by atoms with E-state index in [2.05, 4.69) is 12.2 Å². The van der Waals surface area contributed by atoms with Gasteiger partial charge in [-0.3, -0.25) is 4.79 Å². The number of aliphatic carboxylic acids is 1. The number of carbonyl (C=O) groups is 2. The van der Waals surface area contributed by atoms with E-state index in [1.807, 2.05) is 24.3 Å². The van der Waals surface area contributed by atoms with Gasteiger partial charge in [-0.2, -0.15) is 0 Å². The van der Waals surface area contributed by atoms with Crippen LogP contribution >= 0.6 is 0 Å². The molecule has 0 aliphatic heterocycles. The van der Waals surface area contributed by atoms with Gasteiger partial charge in [0.15, 0.2) is 6.10 Å². The molecule has 5 nitrogen and oxygen atoms in total. The summed E-state index contributed by atoms with van der Waals surface area (Å²) in [5, 5.41) is 19.8. The molecule has 1 amide bonds. The molecule has 1 aromatic rings. The van der Waals surface area contributed by atoms with Gasteiger partial charge in [0.25, 0.3) is 0 Å². The molecule has 0 radical (unpaired) electrons. The van der Waals surface area contributed by atoms with Crippen molar-refractivity contribution in [1.82, 2.24) is 5.32 Å². The smallest absolute Gasteiger partial charge is 0.334 e. The quantitative estimate of drug-likeness (QED) is 0.678. The third-order valence-electron chi connectivity index (χ3n) is 2.85. The highest BCUT2D eigenvalue weighted by molar-refractivity contribution is 5.78. The van der Waals surface area contributed by atoms with Crippen molar-refractivity contribution < 1.29 is 19.8 Å². The molecule has 1 atom stereocenters.